The van der Waals surface area contributed by atoms with Crippen LogP contribution in [0.2, 0.25) is 5.02 Å². The van der Waals surface area contributed by atoms with Crippen LogP contribution in [0.1, 0.15) is 29.4 Å². The third-order valence-electron chi connectivity index (χ3n) is 6.62. The molecule has 1 N–H and O–H groups in total. The summed E-state index contributed by atoms with van der Waals surface area (Å²) in [7, 11) is 3.22. The molecule has 0 saturated carbocycles. The van der Waals surface area contributed by atoms with E-state index in [2.05, 4.69) is 5.32 Å². The van der Waals surface area contributed by atoms with E-state index in [1.807, 2.05) is 42.5 Å². The van der Waals surface area contributed by atoms with Gasteiger partial charge in [0, 0.05) is 30.5 Å². The first-order valence-corrected chi connectivity index (χ1v) is 12.0. The van der Waals surface area contributed by atoms with Crippen LogP contribution in [0.15, 0.2) is 54.6 Å². The van der Waals surface area contributed by atoms with Crippen molar-refractivity contribution < 1.29 is 13.9 Å². The minimum absolute atomic E-state index is 0.123. The van der Waals surface area contributed by atoms with Crippen molar-refractivity contribution in [2.45, 2.75) is 25.4 Å². The Balaban J connectivity index is 1.43. The molecule has 0 saturated heterocycles. The summed E-state index contributed by atoms with van der Waals surface area (Å²) in [6.07, 6.45) is 1.42. The summed E-state index contributed by atoms with van der Waals surface area (Å²) in [4.78, 5) is 9.77. The van der Waals surface area contributed by atoms with Gasteiger partial charge < -0.3 is 14.8 Å². The van der Waals surface area contributed by atoms with Gasteiger partial charge in [-0.2, -0.15) is 4.52 Å². The largest absolute Gasteiger partial charge is 0.497 e. The van der Waals surface area contributed by atoms with E-state index in [1.165, 1.54) is 6.07 Å². The van der Waals surface area contributed by atoms with E-state index in [4.69, 9.17) is 36.1 Å². The van der Waals surface area contributed by atoms with Crippen LogP contribution in [0.25, 0.3) is 27.9 Å². The minimum Gasteiger partial charge on any atom is -0.497 e. The highest BCUT2D eigenvalue weighted by atomic mass is 35.5. The summed E-state index contributed by atoms with van der Waals surface area (Å²) in [6, 6.07) is 16.3. The van der Waals surface area contributed by atoms with Crippen molar-refractivity contribution in [2.75, 3.05) is 14.2 Å². The molecule has 1 unspecified atom stereocenters. The molecule has 0 radical (unpaired) electrons. The van der Waals surface area contributed by atoms with Gasteiger partial charge in [-0.05, 0) is 53.9 Å². The van der Waals surface area contributed by atoms with Crippen molar-refractivity contribution in [3.05, 3.63) is 82.4 Å². The van der Waals surface area contributed by atoms with Crippen molar-refractivity contribution in [3.63, 3.8) is 0 Å². The third-order valence-corrected chi connectivity index (χ3v) is 6.93. The van der Waals surface area contributed by atoms with Gasteiger partial charge in [0.1, 0.15) is 17.3 Å². The molecule has 5 aromatic rings. The molecule has 1 aliphatic heterocycles. The average molecular weight is 504 g/mol. The van der Waals surface area contributed by atoms with E-state index in [-0.39, 0.29) is 11.9 Å². The molecular weight excluding hydrogens is 481 g/mol. The fourth-order valence-electron chi connectivity index (χ4n) is 4.84. The summed E-state index contributed by atoms with van der Waals surface area (Å²) >= 11 is 6.55. The predicted molar refractivity (Wildman–Crippen MR) is 136 cm³/mol. The molecule has 0 fully saturated rings. The maximum absolute atomic E-state index is 13.6. The topological polar surface area (TPSA) is 73.6 Å². The van der Waals surface area contributed by atoms with E-state index in [0.717, 1.165) is 28.5 Å². The van der Waals surface area contributed by atoms with Crippen LogP contribution in [0.3, 0.4) is 0 Å². The zero-order valence-corrected chi connectivity index (χ0v) is 20.5. The second kappa shape index (κ2) is 9.04. The second-order valence-corrected chi connectivity index (χ2v) is 9.12. The van der Waals surface area contributed by atoms with Crippen LogP contribution in [0.4, 0.5) is 4.39 Å². The number of methoxy groups -OCH3 is 2. The molecule has 0 amide bonds. The number of aryl methyl sites for hydroxylation is 1. The maximum atomic E-state index is 13.6. The Morgan fingerprint density at radius 2 is 1.97 bits per heavy atom. The number of nitrogens with zero attached hydrogens (tertiary/aromatic N) is 4. The van der Waals surface area contributed by atoms with Crippen molar-refractivity contribution in [1.29, 1.82) is 0 Å². The monoisotopic (exact) mass is 503 g/mol. The number of nitrogens with one attached hydrogen (secondary N) is 1. The maximum Gasteiger partial charge on any atom is 0.167 e. The summed E-state index contributed by atoms with van der Waals surface area (Å²) < 4.78 is 26.4. The van der Waals surface area contributed by atoms with Crippen molar-refractivity contribution in [1.82, 2.24) is 24.9 Å². The lowest BCUT2D eigenvalue weighted by Gasteiger charge is -2.12. The fourth-order valence-corrected chi connectivity index (χ4v) is 5.06. The Morgan fingerprint density at radius 3 is 2.81 bits per heavy atom. The number of hydrogen-bond donors (Lipinski definition) is 1. The Hall–Kier alpha value is -3.75. The zero-order chi connectivity index (χ0) is 24.8. The van der Waals surface area contributed by atoms with E-state index in [0.29, 0.717) is 52.3 Å². The molecule has 7 nitrogen and oxygen atoms in total. The average Bonchev–Trinajstić information content (AvgIpc) is 3.51. The quantitative estimate of drug-likeness (QED) is 0.328. The third kappa shape index (κ3) is 3.83. The number of aromatic nitrogens is 4. The molecule has 3 heterocycles. The Bertz CT molecular complexity index is 1620. The molecular formula is C27H23ClFN5O2. The van der Waals surface area contributed by atoms with Gasteiger partial charge in [0.05, 0.1) is 30.3 Å². The van der Waals surface area contributed by atoms with E-state index in [1.54, 1.807) is 24.8 Å². The van der Waals surface area contributed by atoms with Crippen molar-refractivity contribution in [3.8, 4) is 22.9 Å². The highest BCUT2D eigenvalue weighted by Crippen LogP contribution is 2.35. The molecule has 6 rings (SSSR count). The highest BCUT2D eigenvalue weighted by Gasteiger charge is 2.24. The molecule has 1 aliphatic rings. The van der Waals surface area contributed by atoms with Gasteiger partial charge in [0.25, 0.3) is 0 Å². The molecule has 0 bridgehead atoms. The predicted octanol–water partition coefficient (Wildman–Crippen LogP) is 5.53. The number of rotatable bonds is 6. The number of ether oxygens (including phenoxy) is 2. The van der Waals surface area contributed by atoms with E-state index < -0.39 is 0 Å². The van der Waals surface area contributed by atoms with Crippen LogP contribution in [-0.2, 0) is 13.0 Å². The molecule has 0 spiro atoms. The summed E-state index contributed by atoms with van der Waals surface area (Å²) in [6.45, 7) is 0.658. The molecule has 2 aromatic heterocycles. The lowest BCUT2D eigenvalue weighted by atomic mass is 10.0. The SMILES string of the molecule is COc1ccc(-c2nc3c(Cl)cccc3c3nc(CCC4NCc5cc(F)ccc54)nn23)c(OC)c1. The fraction of sp³-hybridized carbons (Fsp3) is 0.222. The van der Waals surface area contributed by atoms with Gasteiger partial charge in [-0.1, -0.05) is 23.7 Å². The van der Waals surface area contributed by atoms with Gasteiger partial charge in [0.15, 0.2) is 17.3 Å². The number of para-hydroxylation sites is 1. The molecule has 0 aliphatic carbocycles. The second-order valence-electron chi connectivity index (χ2n) is 8.72. The van der Waals surface area contributed by atoms with Crippen LogP contribution < -0.4 is 14.8 Å². The summed E-state index contributed by atoms with van der Waals surface area (Å²) in [5, 5.41) is 9.66. The first kappa shape index (κ1) is 22.7. The van der Waals surface area contributed by atoms with E-state index in [9.17, 15) is 4.39 Å². The lowest BCUT2D eigenvalue weighted by Crippen LogP contribution is -2.13. The van der Waals surface area contributed by atoms with E-state index >= 15 is 0 Å². The number of hydrogen-bond acceptors (Lipinski definition) is 6. The molecule has 9 heteroatoms. The molecule has 182 valence electrons. The first-order chi connectivity index (χ1) is 17.6. The highest BCUT2D eigenvalue weighted by molar-refractivity contribution is 6.35. The summed E-state index contributed by atoms with van der Waals surface area (Å²) in [5.74, 6) is 2.33. The standard InChI is InChI=1S/C27H23ClFN5O2/c1-35-17-7-9-19(23(13-17)36-2)26-32-25-20(4-3-5-21(25)28)27-31-24(33-34(26)27)11-10-22-18-8-6-16(29)12-15(18)14-30-22/h3-9,12-13,22,30H,10-11,14H2,1-2H3. The Morgan fingerprint density at radius 1 is 1.08 bits per heavy atom. The normalized spacial score (nSPS) is 14.9. The zero-order valence-electron chi connectivity index (χ0n) is 19.8. The van der Waals surface area contributed by atoms with Gasteiger partial charge >= 0.3 is 0 Å². The van der Waals surface area contributed by atoms with Crippen LogP contribution in [0, 0.1) is 5.82 Å². The smallest absolute Gasteiger partial charge is 0.167 e. The molecule has 3 aromatic carbocycles. The van der Waals surface area contributed by atoms with Gasteiger partial charge in [-0.15, -0.1) is 5.10 Å². The first-order valence-electron chi connectivity index (χ1n) is 11.6. The van der Waals surface area contributed by atoms with Crippen molar-refractivity contribution in [2.24, 2.45) is 0 Å². The van der Waals surface area contributed by atoms with Gasteiger partial charge in [0.2, 0.25) is 0 Å². The number of halogens is 2. The van der Waals surface area contributed by atoms with Crippen LogP contribution in [0.5, 0.6) is 11.5 Å². The van der Waals surface area contributed by atoms with Crippen LogP contribution in [-0.4, -0.2) is 33.8 Å². The van der Waals surface area contributed by atoms with Crippen molar-refractivity contribution >= 4 is 28.2 Å². The lowest BCUT2D eigenvalue weighted by molar-refractivity contribution is 0.395. The Kier molecular flexibility index (Phi) is 5.70. The van der Waals surface area contributed by atoms with Crippen LogP contribution >= 0.6 is 11.6 Å². The Labute approximate surface area is 211 Å². The minimum atomic E-state index is -0.210. The summed E-state index contributed by atoms with van der Waals surface area (Å²) in [5.41, 5.74) is 4.19. The van der Waals surface area contributed by atoms with Gasteiger partial charge in [-0.3, -0.25) is 0 Å². The molecule has 36 heavy (non-hydrogen) atoms. The number of fused-ring (bicyclic) bond motifs is 4. The number of benzene rings is 3. The van der Waals surface area contributed by atoms with Gasteiger partial charge in [-0.25, -0.2) is 14.4 Å². The molecule has 1 atom stereocenters.